The van der Waals surface area contributed by atoms with E-state index in [2.05, 4.69) is 5.32 Å². The van der Waals surface area contributed by atoms with Crippen molar-refractivity contribution >= 4 is 0 Å². The van der Waals surface area contributed by atoms with E-state index in [0.717, 1.165) is 39.0 Å². The second-order valence-electron chi connectivity index (χ2n) is 4.93. The molecule has 1 atom stereocenters. The first-order valence-corrected chi connectivity index (χ1v) is 6.30. The summed E-state index contributed by atoms with van der Waals surface area (Å²) < 4.78 is 19.7. The number of ether oxygens (including phenoxy) is 1. The number of halogens is 1. The lowest BCUT2D eigenvalue weighted by molar-refractivity contribution is 0.0772. The Balaban J connectivity index is 1.63. The van der Waals surface area contributed by atoms with Crippen LogP contribution in [0.1, 0.15) is 44.9 Å². The summed E-state index contributed by atoms with van der Waals surface area (Å²) in [7, 11) is 0. The highest BCUT2D eigenvalue weighted by molar-refractivity contribution is 4.85. The molecule has 2 heterocycles. The fourth-order valence-corrected chi connectivity index (χ4v) is 2.64. The summed E-state index contributed by atoms with van der Waals surface area (Å²) in [4.78, 5) is 0. The fourth-order valence-electron chi connectivity index (χ4n) is 2.64. The van der Waals surface area contributed by atoms with E-state index in [0.29, 0.717) is 18.9 Å². The number of nitrogens with one attached hydrogen (secondary N) is 1. The molecule has 0 aromatic heterocycles. The summed E-state index contributed by atoms with van der Waals surface area (Å²) in [6.45, 7) is 2.60. The predicted octanol–water partition coefficient (Wildman–Crippen LogP) is 2.43. The minimum atomic E-state index is -0.885. The Morgan fingerprint density at radius 1 is 1.33 bits per heavy atom. The van der Waals surface area contributed by atoms with E-state index >= 15 is 0 Å². The van der Waals surface area contributed by atoms with Crippen LogP contribution in [0.25, 0.3) is 0 Å². The molecule has 0 spiro atoms. The molecule has 2 rings (SSSR count). The Labute approximate surface area is 91.6 Å². The molecule has 2 aliphatic rings. The zero-order valence-electron chi connectivity index (χ0n) is 9.43. The molecule has 15 heavy (non-hydrogen) atoms. The van der Waals surface area contributed by atoms with Gasteiger partial charge in [0.05, 0.1) is 6.10 Å². The van der Waals surface area contributed by atoms with Gasteiger partial charge in [0.2, 0.25) is 0 Å². The zero-order valence-corrected chi connectivity index (χ0v) is 9.43. The Morgan fingerprint density at radius 2 is 2.13 bits per heavy atom. The summed E-state index contributed by atoms with van der Waals surface area (Å²) in [5.41, 5.74) is -0.885. The number of rotatable bonds is 4. The van der Waals surface area contributed by atoms with Gasteiger partial charge in [-0.15, -0.1) is 0 Å². The normalized spacial score (nSPS) is 30.6. The van der Waals surface area contributed by atoms with Gasteiger partial charge in [-0.05, 0) is 58.0 Å². The monoisotopic (exact) mass is 215 g/mol. The molecule has 0 aromatic rings. The first-order valence-electron chi connectivity index (χ1n) is 6.30. The van der Waals surface area contributed by atoms with Crippen LogP contribution in [0.15, 0.2) is 0 Å². The Bertz CT molecular complexity index is 186. The number of piperidine rings is 1. The molecule has 2 aliphatic heterocycles. The van der Waals surface area contributed by atoms with Crippen molar-refractivity contribution in [1.29, 1.82) is 0 Å². The van der Waals surface area contributed by atoms with Crippen LogP contribution in [0.5, 0.6) is 0 Å². The highest BCUT2D eigenvalue weighted by Gasteiger charge is 2.31. The molecule has 0 radical (unpaired) electrons. The van der Waals surface area contributed by atoms with Crippen molar-refractivity contribution in [3.63, 3.8) is 0 Å². The van der Waals surface area contributed by atoms with Crippen molar-refractivity contribution in [2.75, 3.05) is 19.7 Å². The van der Waals surface area contributed by atoms with Crippen molar-refractivity contribution in [3.05, 3.63) is 0 Å². The second kappa shape index (κ2) is 5.26. The van der Waals surface area contributed by atoms with E-state index in [1.165, 1.54) is 12.8 Å². The van der Waals surface area contributed by atoms with Crippen molar-refractivity contribution in [1.82, 2.24) is 5.32 Å². The molecule has 0 aromatic carbocycles. The molecule has 2 saturated heterocycles. The summed E-state index contributed by atoms with van der Waals surface area (Å²) in [6, 6.07) is 0. The van der Waals surface area contributed by atoms with Crippen LogP contribution in [0.4, 0.5) is 4.39 Å². The van der Waals surface area contributed by atoms with Gasteiger partial charge in [-0.25, -0.2) is 4.39 Å². The third-order valence-electron chi connectivity index (χ3n) is 3.67. The van der Waals surface area contributed by atoms with Crippen LogP contribution < -0.4 is 5.32 Å². The van der Waals surface area contributed by atoms with E-state index in [1.807, 2.05) is 0 Å². The van der Waals surface area contributed by atoms with Crippen LogP contribution in [0.3, 0.4) is 0 Å². The van der Waals surface area contributed by atoms with Gasteiger partial charge in [-0.3, -0.25) is 0 Å². The lowest BCUT2D eigenvalue weighted by atomic mass is 9.88. The third-order valence-corrected chi connectivity index (χ3v) is 3.67. The highest BCUT2D eigenvalue weighted by Crippen LogP contribution is 2.30. The molecule has 88 valence electrons. The van der Waals surface area contributed by atoms with Gasteiger partial charge in [0, 0.05) is 6.61 Å². The molecule has 0 bridgehead atoms. The van der Waals surface area contributed by atoms with E-state index in [1.54, 1.807) is 0 Å². The smallest absolute Gasteiger partial charge is 0.113 e. The summed E-state index contributed by atoms with van der Waals surface area (Å²) >= 11 is 0. The van der Waals surface area contributed by atoms with Crippen LogP contribution in [0, 0.1) is 0 Å². The summed E-state index contributed by atoms with van der Waals surface area (Å²) in [6.07, 6.45) is 6.96. The zero-order chi connectivity index (χ0) is 10.6. The Hall–Kier alpha value is -0.150. The lowest BCUT2D eigenvalue weighted by Crippen LogP contribution is -2.38. The molecule has 0 aliphatic carbocycles. The van der Waals surface area contributed by atoms with Crippen LogP contribution in [0.2, 0.25) is 0 Å². The fraction of sp³-hybridized carbons (Fsp3) is 1.00. The molecule has 1 unspecified atom stereocenters. The molecule has 3 heteroatoms. The predicted molar refractivity (Wildman–Crippen MR) is 58.8 cm³/mol. The quantitative estimate of drug-likeness (QED) is 0.777. The van der Waals surface area contributed by atoms with Crippen molar-refractivity contribution in [2.24, 2.45) is 0 Å². The summed E-state index contributed by atoms with van der Waals surface area (Å²) in [5, 5.41) is 3.21. The van der Waals surface area contributed by atoms with E-state index < -0.39 is 5.67 Å². The molecule has 2 nitrogen and oxygen atoms in total. The van der Waals surface area contributed by atoms with E-state index in [9.17, 15) is 4.39 Å². The van der Waals surface area contributed by atoms with E-state index in [-0.39, 0.29) is 0 Å². The summed E-state index contributed by atoms with van der Waals surface area (Å²) in [5.74, 6) is 0. The number of hydrogen-bond donors (Lipinski definition) is 1. The van der Waals surface area contributed by atoms with Crippen molar-refractivity contribution < 1.29 is 9.13 Å². The maximum atomic E-state index is 14.2. The van der Waals surface area contributed by atoms with Crippen molar-refractivity contribution in [3.8, 4) is 0 Å². The largest absolute Gasteiger partial charge is 0.378 e. The molecule has 2 fully saturated rings. The average molecular weight is 215 g/mol. The topological polar surface area (TPSA) is 21.3 Å². The highest BCUT2D eigenvalue weighted by atomic mass is 19.1. The first-order chi connectivity index (χ1) is 7.29. The van der Waals surface area contributed by atoms with Gasteiger partial charge >= 0.3 is 0 Å². The second-order valence-corrected chi connectivity index (χ2v) is 4.93. The molecular formula is C12H22FNO. The standard InChI is InChI=1S/C12H22FNO/c13-12(6-8-14-9-7-12)5-1-3-11-4-2-10-15-11/h11,14H,1-10H2. The van der Waals surface area contributed by atoms with Crippen LogP contribution >= 0.6 is 0 Å². The van der Waals surface area contributed by atoms with Crippen LogP contribution in [-0.4, -0.2) is 31.5 Å². The Morgan fingerprint density at radius 3 is 2.80 bits per heavy atom. The number of alkyl halides is 1. The molecule has 0 saturated carbocycles. The van der Waals surface area contributed by atoms with Crippen molar-refractivity contribution in [2.45, 2.75) is 56.7 Å². The van der Waals surface area contributed by atoms with Gasteiger partial charge in [0.1, 0.15) is 5.67 Å². The van der Waals surface area contributed by atoms with Gasteiger partial charge in [0.15, 0.2) is 0 Å². The van der Waals surface area contributed by atoms with Gasteiger partial charge < -0.3 is 10.1 Å². The van der Waals surface area contributed by atoms with Gasteiger partial charge in [-0.1, -0.05) is 0 Å². The minimum Gasteiger partial charge on any atom is -0.378 e. The molecule has 0 amide bonds. The average Bonchev–Trinajstić information content (AvgIpc) is 2.71. The molecule has 1 N–H and O–H groups in total. The maximum absolute atomic E-state index is 14.2. The third kappa shape index (κ3) is 3.42. The SMILES string of the molecule is FC1(CCCC2CCCO2)CCNCC1. The molecular weight excluding hydrogens is 193 g/mol. The van der Waals surface area contributed by atoms with E-state index in [4.69, 9.17) is 4.74 Å². The Kier molecular flexibility index (Phi) is 3.98. The number of hydrogen-bond acceptors (Lipinski definition) is 2. The van der Waals surface area contributed by atoms with Gasteiger partial charge in [0.25, 0.3) is 0 Å². The first kappa shape index (κ1) is 11.3. The van der Waals surface area contributed by atoms with Crippen LogP contribution in [-0.2, 0) is 4.74 Å². The van der Waals surface area contributed by atoms with Gasteiger partial charge in [-0.2, -0.15) is 0 Å². The lowest BCUT2D eigenvalue weighted by Gasteiger charge is -2.30. The minimum absolute atomic E-state index is 0.426. The maximum Gasteiger partial charge on any atom is 0.113 e.